The molecule has 0 fully saturated rings. The van der Waals surface area contributed by atoms with Gasteiger partial charge in [0.05, 0.1) is 10.7 Å². The van der Waals surface area contributed by atoms with Crippen LogP contribution in [0.2, 0.25) is 0 Å². The predicted molar refractivity (Wildman–Crippen MR) is 97.9 cm³/mol. The molecule has 3 rings (SSSR count). The van der Waals surface area contributed by atoms with Crippen molar-refractivity contribution < 1.29 is 8.42 Å². The molecule has 0 aromatic carbocycles. The van der Waals surface area contributed by atoms with Crippen LogP contribution in [0, 0.1) is 0 Å². The van der Waals surface area contributed by atoms with Gasteiger partial charge in [0.25, 0.3) is 0 Å². The Morgan fingerprint density at radius 3 is 2.83 bits per heavy atom. The van der Waals surface area contributed by atoms with Crippen molar-refractivity contribution in [2.45, 2.75) is 24.0 Å². The van der Waals surface area contributed by atoms with E-state index in [-0.39, 0.29) is 0 Å². The van der Waals surface area contributed by atoms with E-state index < -0.39 is 10.0 Å². The van der Waals surface area contributed by atoms with Gasteiger partial charge in [-0.25, -0.2) is 18.1 Å². The molecule has 24 heavy (non-hydrogen) atoms. The minimum absolute atomic E-state index is 0.335. The first-order valence-corrected chi connectivity index (χ1v) is 10.7. The highest BCUT2D eigenvalue weighted by atomic mass is 32.2. The number of pyridine rings is 1. The Morgan fingerprint density at radius 1 is 1.25 bits per heavy atom. The quantitative estimate of drug-likeness (QED) is 0.683. The van der Waals surface area contributed by atoms with Crippen molar-refractivity contribution >= 4 is 32.7 Å². The van der Waals surface area contributed by atoms with Gasteiger partial charge in [-0.1, -0.05) is 6.92 Å². The third-order valence-electron chi connectivity index (χ3n) is 3.39. The second-order valence-electron chi connectivity index (χ2n) is 5.09. The van der Waals surface area contributed by atoms with E-state index in [1.165, 1.54) is 22.7 Å². The average Bonchev–Trinajstić information content (AvgIpc) is 3.25. The van der Waals surface area contributed by atoms with Crippen molar-refractivity contribution in [1.29, 1.82) is 0 Å². The molecular formula is C16H17N3O2S3. The summed E-state index contributed by atoms with van der Waals surface area (Å²) in [7, 11) is -3.43. The number of nitrogens with zero attached hydrogens (tertiary/aromatic N) is 2. The summed E-state index contributed by atoms with van der Waals surface area (Å²) < 4.78 is 27.5. The third kappa shape index (κ3) is 4.07. The number of nitrogens with one attached hydrogen (secondary N) is 1. The number of thiazole rings is 1. The number of hydrogen-bond acceptors (Lipinski definition) is 6. The summed E-state index contributed by atoms with van der Waals surface area (Å²) in [5.74, 6) is 0. The van der Waals surface area contributed by atoms with Gasteiger partial charge in [0.2, 0.25) is 10.0 Å². The predicted octanol–water partition coefficient (Wildman–Crippen LogP) is 3.35. The van der Waals surface area contributed by atoms with Gasteiger partial charge in [0.15, 0.2) is 0 Å². The first-order chi connectivity index (χ1) is 11.6. The molecule has 0 aliphatic rings. The van der Waals surface area contributed by atoms with Gasteiger partial charge in [0, 0.05) is 41.2 Å². The maximum atomic E-state index is 12.3. The van der Waals surface area contributed by atoms with Gasteiger partial charge >= 0.3 is 0 Å². The molecule has 0 radical (unpaired) electrons. The fraction of sp³-hybridized carbons (Fsp3) is 0.250. The highest BCUT2D eigenvalue weighted by molar-refractivity contribution is 7.91. The second-order valence-corrected chi connectivity index (χ2v) is 9.20. The largest absolute Gasteiger partial charge is 0.264 e. The topological polar surface area (TPSA) is 72.0 Å². The van der Waals surface area contributed by atoms with Gasteiger partial charge in [-0.05, 0) is 30.7 Å². The van der Waals surface area contributed by atoms with E-state index in [4.69, 9.17) is 0 Å². The van der Waals surface area contributed by atoms with E-state index in [1.54, 1.807) is 18.5 Å². The van der Waals surface area contributed by atoms with Crippen molar-refractivity contribution in [3.63, 3.8) is 0 Å². The van der Waals surface area contributed by atoms with Crippen LogP contribution in [0.25, 0.3) is 11.3 Å². The van der Waals surface area contributed by atoms with Crippen LogP contribution in [0.15, 0.2) is 46.2 Å². The highest BCUT2D eigenvalue weighted by Crippen LogP contribution is 2.23. The lowest BCUT2D eigenvalue weighted by Crippen LogP contribution is -2.25. The zero-order valence-corrected chi connectivity index (χ0v) is 15.5. The molecule has 0 saturated heterocycles. The fourth-order valence-electron chi connectivity index (χ4n) is 2.13. The summed E-state index contributed by atoms with van der Waals surface area (Å²) in [6, 6.07) is 7.35. The minimum atomic E-state index is -3.43. The SMILES string of the molecule is CCc1ccc(S(=O)(=O)NCCc2nc(-c3cccnc3)cs2)s1. The van der Waals surface area contributed by atoms with E-state index in [1.807, 2.05) is 30.5 Å². The van der Waals surface area contributed by atoms with Crippen LogP contribution in [0.1, 0.15) is 16.8 Å². The van der Waals surface area contributed by atoms with Crippen LogP contribution in [-0.4, -0.2) is 24.9 Å². The number of thiophene rings is 1. The van der Waals surface area contributed by atoms with Crippen LogP contribution >= 0.6 is 22.7 Å². The number of sulfonamides is 1. The van der Waals surface area contributed by atoms with Crippen LogP contribution in [0.5, 0.6) is 0 Å². The smallest absolute Gasteiger partial charge is 0.250 e. The molecule has 1 N–H and O–H groups in total. The third-order valence-corrected chi connectivity index (χ3v) is 7.48. The van der Waals surface area contributed by atoms with E-state index >= 15 is 0 Å². The monoisotopic (exact) mass is 379 g/mol. The lowest BCUT2D eigenvalue weighted by atomic mass is 10.2. The summed E-state index contributed by atoms with van der Waals surface area (Å²) >= 11 is 2.84. The van der Waals surface area contributed by atoms with Gasteiger partial charge in [-0.3, -0.25) is 4.98 Å². The second kappa shape index (κ2) is 7.52. The number of hydrogen-bond donors (Lipinski definition) is 1. The van der Waals surface area contributed by atoms with Crippen molar-refractivity contribution in [2.24, 2.45) is 0 Å². The Hall–Kier alpha value is -1.61. The standard InChI is InChI=1S/C16H17N3O2S3/c1-2-13-5-6-16(23-13)24(20,21)18-9-7-15-19-14(11-22-15)12-4-3-8-17-10-12/h3-6,8,10-11,18H,2,7,9H2,1H3. The van der Waals surface area contributed by atoms with Gasteiger partial charge in [-0.2, -0.15) is 0 Å². The molecule has 0 unspecified atom stereocenters. The molecule has 0 atom stereocenters. The summed E-state index contributed by atoms with van der Waals surface area (Å²) in [5, 5.41) is 2.87. The molecule has 0 aliphatic heterocycles. The number of aromatic nitrogens is 2. The van der Waals surface area contributed by atoms with Crippen molar-refractivity contribution in [3.8, 4) is 11.3 Å². The molecule has 0 saturated carbocycles. The molecule has 0 aliphatic carbocycles. The Balaban J connectivity index is 1.59. The van der Waals surface area contributed by atoms with Crippen LogP contribution < -0.4 is 4.72 Å². The molecule has 0 amide bonds. The van der Waals surface area contributed by atoms with Gasteiger partial charge < -0.3 is 0 Å². The van der Waals surface area contributed by atoms with E-state index in [9.17, 15) is 8.42 Å². The molecule has 126 valence electrons. The minimum Gasteiger partial charge on any atom is -0.264 e. The van der Waals surface area contributed by atoms with Crippen molar-refractivity contribution in [1.82, 2.24) is 14.7 Å². The maximum absolute atomic E-state index is 12.3. The van der Waals surface area contributed by atoms with E-state index in [0.717, 1.165) is 27.6 Å². The summed E-state index contributed by atoms with van der Waals surface area (Å²) in [6.07, 6.45) is 4.90. The van der Waals surface area contributed by atoms with Crippen LogP contribution in [0.4, 0.5) is 0 Å². The summed E-state index contributed by atoms with van der Waals surface area (Å²) in [5.41, 5.74) is 1.84. The van der Waals surface area contributed by atoms with E-state index in [0.29, 0.717) is 17.2 Å². The van der Waals surface area contributed by atoms with Crippen molar-refractivity contribution in [2.75, 3.05) is 6.54 Å². The zero-order valence-electron chi connectivity index (χ0n) is 13.1. The first kappa shape index (κ1) is 17.2. The average molecular weight is 380 g/mol. The highest BCUT2D eigenvalue weighted by Gasteiger charge is 2.16. The maximum Gasteiger partial charge on any atom is 0.250 e. The Morgan fingerprint density at radius 2 is 2.12 bits per heavy atom. The lowest BCUT2D eigenvalue weighted by Gasteiger charge is -2.03. The Kier molecular flexibility index (Phi) is 5.40. The molecule has 3 aromatic rings. The molecule has 8 heteroatoms. The summed E-state index contributed by atoms with van der Waals surface area (Å²) in [4.78, 5) is 9.68. The van der Waals surface area contributed by atoms with Crippen LogP contribution in [-0.2, 0) is 22.9 Å². The number of rotatable bonds is 7. The molecule has 0 spiro atoms. The molecule has 3 heterocycles. The first-order valence-electron chi connectivity index (χ1n) is 7.51. The van der Waals surface area contributed by atoms with E-state index in [2.05, 4.69) is 14.7 Å². The number of aryl methyl sites for hydroxylation is 1. The fourth-order valence-corrected chi connectivity index (χ4v) is 5.31. The van der Waals surface area contributed by atoms with Gasteiger partial charge in [-0.15, -0.1) is 22.7 Å². The normalized spacial score (nSPS) is 11.7. The van der Waals surface area contributed by atoms with Crippen LogP contribution in [0.3, 0.4) is 0 Å². The summed E-state index contributed by atoms with van der Waals surface area (Å²) in [6.45, 7) is 2.35. The molecule has 0 bridgehead atoms. The lowest BCUT2D eigenvalue weighted by molar-refractivity contribution is 0.583. The molecule has 5 nitrogen and oxygen atoms in total. The molecular weight excluding hydrogens is 362 g/mol. The zero-order chi connectivity index (χ0) is 17.0. The molecule has 3 aromatic heterocycles. The van der Waals surface area contributed by atoms with Gasteiger partial charge in [0.1, 0.15) is 4.21 Å². The Labute approximate surface area is 149 Å². The van der Waals surface area contributed by atoms with Crippen molar-refractivity contribution in [3.05, 3.63) is 51.9 Å². The Bertz CT molecular complexity index is 902.